The first kappa shape index (κ1) is 59.5. The van der Waals surface area contributed by atoms with E-state index in [4.69, 9.17) is 9.72 Å². The van der Waals surface area contributed by atoms with Crippen molar-refractivity contribution in [3.63, 3.8) is 0 Å². The van der Waals surface area contributed by atoms with Gasteiger partial charge in [-0.15, -0.1) is 17.5 Å². The summed E-state index contributed by atoms with van der Waals surface area (Å²) in [5.74, 6) is 2.01. The summed E-state index contributed by atoms with van der Waals surface area (Å²) in [7, 11) is 0. The monoisotopic (exact) mass is 1420 g/mol. The Hall–Kier alpha value is -9.13. The molecule has 91 heavy (non-hydrogen) atoms. The molecule has 0 aliphatic carbocycles. The number of benzene rings is 11. The van der Waals surface area contributed by atoms with E-state index in [1.54, 1.807) is 0 Å². The molecule has 0 bridgehead atoms. The van der Waals surface area contributed by atoms with Crippen molar-refractivity contribution in [3.8, 4) is 28.4 Å². The fourth-order valence-corrected chi connectivity index (χ4v) is 24.0. The van der Waals surface area contributed by atoms with E-state index in [-0.39, 0.29) is 37.3 Å². The standard InChI is InChI=1S/C84H71GeN4O.Pt/c1-82(2,3)57-42-44-70-68-34-19-20-35-69(68)73-39-25-41-77-81(73)88(55-87(77)64-32-23-33-65(53-64)90-66-43-45-72-71-36-21-22-40-76(71)89(78(72)54-66)79-52-58(46-47-86-79)83(4,5)6)80-67(37-24-38-74(80)75(70)51-57)56-48-59(84(7,8)9)50-63(49-56)85(60-26-13-10-14-27-60,61-28-15-11-16-29-61)62-30-17-12-18-31-62;/h10-52,55H,1-9H3;/q-3;. The SMILES string of the molecule is CC(C)(C)c1cc(-c2cccc3c4cc(C(C)(C)C)ccc4c4ccccc4c4cccc5c4n(c23)[CH-]N5c2[c-]c(Oc3[c-]c4c(cc3)c3ccccc3n4-c3cc(C(C)(C)C)ccn3)ccc2)c[c]([Ge]([c]2ccccc2)([c]2ccccc2)[c]2ccccc2)c1.[Pt]. The van der Waals surface area contributed by atoms with Crippen molar-refractivity contribution in [1.29, 1.82) is 0 Å². The van der Waals surface area contributed by atoms with E-state index in [9.17, 15) is 0 Å². The van der Waals surface area contributed by atoms with E-state index in [1.165, 1.54) is 61.4 Å². The van der Waals surface area contributed by atoms with Gasteiger partial charge in [0.05, 0.1) is 0 Å². The summed E-state index contributed by atoms with van der Waals surface area (Å²) in [6, 6.07) is 102. The maximum absolute atomic E-state index is 6.92. The number of hydrogen-bond acceptors (Lipinski definition) is 3. The van der Waals surface area contributed by atoms with Gasteiger partial charge in [0.1, 0.15) is 5.82 Å². The van der Waals surface area contributed by atoms with Crippen LogP contribution in [-0.2, 0) is 37.3 Å². The number of ether oxygens (including phenoxy) is 1. The predicted octanol–water partition coefficient (Wildman–Crippen LogP) is 19.2. The predicted molar refractivity (Wildman–Crippen MR) is 382 cm³/mol. The molecular weight excluding hydrogens is 1350 g/mol. The van der Waals surface area contributed by atoms with Crippen molar-refractivity contribution >= 4 is 107 Å². The Labute approximate surface area is 551 Å². The van der Waals surface area contributed by atoms with Gasteiger partial charge < -0.3 is 4.57 Å². The third-order valence-electron chi connectivity index (χ3n) is 18.5. The van der Waals surface area contributed by atoms with Crippen molar-refractivity contribution in [3.05, 3.63) is 296 Å². The zero-order valence-electron chi connectivity index (χ0n) is 52.9. The Morgan fingerprint density at radius 3 is 1.60 bits per heavy atom. The number of aromatic nitrogens is 3. The smallest absolute Gasteiger partial charge is 0 e. The Kier molecular flexibility index (Phi) is 15.0. The molecule has 0 N–H and O–H groups in total. The number of fused-ring (bicyclic) bond motifs is 10. The van der Waals surface area contributed by atoms with Crippen LogP contribution in [0.3, 0.4) is 0 Å². The minimum absolute atomic E-state index is 0. The fraction of sp³-hybridized carbons (Fsp3) is 0.143. The van der Waals surface area contributed by atoms with E-state index in [0.29, 0.717) is 11.5 Å². The van der Waals surface area contributed by atoms with E-state index < -0.39 is 13.3 Å². The Bertz CT molecular complexity index is 5110. The molecule has 3 aromatic heterocycles. The number of anilines is 2. The van der Waals surface area contributed by atoms with E-state index >= 15 is 0 Å². The van der Waals surface area contributed by atoms with Gasteiger partial charge in [0.15, 0.2) is 0 Å². The maximum atomic E-state index is 6.92. The summed E-state index contributed by atoms with van der Waals surface area (Å²) in [6.45, 7) is 23.1. The van der Waals surface area contributed by atoms with Crippen molar-refractivity contribution in [1.82, 2.24) is 14.1 Å². The average Bonchev–Trinajstić information content (AvgIpc) is 1.73. The molecule has 0 unspecified atom stereocenters. The van der Waals surface area contributed by atoms with Crippen LogP contribution in [0.5, 0.6) is 11.5 Å². The van der Waals surface area contributed by atoms with Crippen LogP contribution in [-0.4, -0.2) is 27.4 Å². The number of nitrogens with zero attached hydrogens (tertiary/aromatic N) is 4. The molecule has 450 valence electrons. The second-order valence-corrected chi connectivity index (χ2v) is 35.3. The Morgan fingerprint density at radius 2 is 0.945 bits per heavy atom. The third kappa shape index (κ3) is 10.3. The number of para-hydroxylation sites is 3. The van der Waals surface area contributed by atoms with Crippen LogP contribution in [0, 0.1) is 18.8 Å². The molecule has 15 rings (SSSR count). The van der Waals surface area contributed by atoms with Gasteiger partial charge in [0, 0.05) is 38.5 Å². The topological polar surface area (TPSA) is 35.2 Å². The summed E-state index contributed by atoms with van der Waals surface area (Å²) in [4.78, 5) is 7.25. The van der Waals surface area contributed by atoms with Gasteiger partial charge >= 0.3 is 399 Å². The van der Waals surface area contributed by atoms with Crippen molar-refractivity contribution in [2.45, 2.75) is 78.6 Å². The summed E-state index contributed by atoms with van der Waals surface area (Å²) < 4.78 is 17.2. The third-order valence-corrected chi connectivity index (χ3v) is 28.5. The zero-order chi connectivity index (χ0) is 61.7. The van der Waals surface area contributed by atoms with Gasteiger partial charge in [-0.05, 0) is 34.6 Å². The normalized spacial score (nSPS) is 12.6. The van der Waals surface area contributed by atoms with Crippen molar-refractivity contribution in [2.24, 2.45) is 0 Å². The van der Waals surface area contributed by atoms with Crippen LogP contribution in [0.4, 0.5) is 11.4 Å². The molecule has 5 nitrogen and oxygen atoms in total. The van der Waals surface area contributed by atoms with Gasteiger partial charge in [0.2, 0.25) is 0 Å². The van der Waals surface area contributed by atoms with Gasteiger partial charge in [-0.2, -0.15) is 6.07 Å². The molecule has 0 atom stereocenters. The van der Waals surface area contributed by atoms with Crippen LogP contribution in [0.2, 0.25) is 0 Å². The van der Waals surface area contributed by atoms with Gasteiger partial charge in [0.25, 0.3) is 0 Å². The average molecular weight is 1420 g/mol. The van der Waals surface area contributed by atoms with Gasteiger partial charge in [-0.3, -0.25) is 0 Å². The largest absolute Gasteiger partial charge is 0 e. The first-order valence-electron chi connectivity index (χ1n) is 31.4. The van der Waals surface area contributed by atoms with Crippen LogP contribution in [0.25, 0.3) is 82.1 Å². The molecule has 0 saturated heterocycles. The van der Waals surface area contributed by atoms with Crippen molar-refractivity contribution in [2.75, 3.05) is 4.90 Å². The molecule has 0 radical (unpaired) electrons. The Morgan fingerprint density at radius 1 is 0.407 bits per heavy atom. The van der Waals surface area contributed by atoms with Crippen LogP contribution in [0.15, 0.2) is 261 Å². The van der Waals surface area contributed by atoms with E-state index in [1.807, 2.05) is 18.3 Å². The molecule has 11 aromatic carbocycles. The first-order chi connectivity index (χ1) is 43.5. The number of hydrogen-bond donors (Lipinski definition) is 0. The molecule has 0 amide bonds. The van der Waals surface area contributed by atoms with Crippen molar-refractivity contribution < 1.29 is 25.8 Å². The quantitative estimate of drug-likeness (QED) is 0.107. The van der Waals surface area contributed by atoms with Crippen LogP contribution >= 0.6 is 0 Å². The van der Waals surface area contributed by atoms with Crippen LogP contribution in [0.1, 0.15) is 79.0 Å². The van der Waals surface area contributed by atoms with Gasteiger partial charge in [-0.25, -0.2) is 4.98 Å². The maximum Gasteiger partial charge on any atom is 0 e. The second kappa shape index (κ2) is 23.0. The molecule has 1 aliphatic heterocycles. The first-order valence-corrected chi connectivity index (χ1v) is 35.6. The van der Waals surface area contributed by atoms with Crippen LogP contribution < -0.4 is 27.2 Å². The molecule has 14 aromatic rings. The molecule has 0 spiro atoms. The molecule has 0 saturated carbocycles. The van der Waals surface area contributed by atoms with Gasteiger partial charge in [-0.1, -0.05) is 44.5 Å². The molecule has 0 fully saturated rings. The minimum atomic E-state index is -3.85. The number of rotatable bonds is 9. The summed E-state index contributed by atoms with van der Waals surface area (Å²) in [5.41, 5.74) is 11.8. The zero-order valence-corrected chi connectivity index (χ0v) is 57.3. The van der Waals surface area contributed by atoms with E-state index in [0.717, 1.165) is 66.4 Å². The van der Waals surface area contributed by atoms with E-state index in [2.05, 4.69) is 338 Å². The molecular formula is C84H71GeN4OPt-3. The number of pyridine rings is 1. The summed E-state index contributed by atoms with van der Waals surface area (Å²) in [6.07, 6.45) is 1.92. The summed E-state index contributed by atoms with van der Waals surface area (Å²) in [5, 5.41) is 9.25. The molecule has 1 aliphatic rings. The molecule has 4 heterocycles. The Balaban J connectivity index is 0.00000721. The second-order valence-electron chi connectivity index (χ2n) is 27.3. The fourth-order valence-electron chi connectivity index (χ4n) is 13.9. The summed E-state index contributed by atoms with van der Waals surface area (Å²) >= 11 is -3.85. The minimum Gasteiger partial charge on any atom is 0 e. The molecule has 7 heteroatoms.